The zero-order chi connectivity index (χ0) is 17.4. The number of hydrogen-bond acceptors (Lipinski definition) is 4. The van der Waals surface area contributed by atoms with Gasteiger partial charge in [0.25, 0.3) is 0 Å². The van der Waals surface area contributed by atoms with Crippen LogP contribution in [0.4, 0.5) is 0 Å². The van der Waals surface area contributed by atoms with Crippen LogP contribution in [0.15, 0.2) is 63.6 Å². The molecule has 0 aliphatic heterocycles. The number of benzene rings is 1. The Bertz CT molecular complexity index is 1060. The normalized spacial score (nSPS) is 11.1. The fraction of sp³-hybridized carbons (Fsp3) is 0.143. The van der Waals surface area contributed by atoms with Gasteiger partial charge in [-0.15, -0.1) is 0 Å². The number of ketones is 1. The van der Waals surface area contributed by atoms with E-state index < -0.39 is 0 Å². The molecule has 3 heterocycles. The quantitative estimate of drug-likeness (QED) is 0.483. The highest BCUT2D eigenvalue weighted by Gasteiger charge is 2.20. The summed E-state index contributed by atoms with van der Waals surface area (Å²) in [5.74, 6) is 2.16. The molecule has 0 spiro atoms. The lowest BCUT2D eigenvalue weighted by Crippen LogP contribution is -1.91. The summed E-state index contributed by atoms with van der Waals surface area (Å²) in [4.78, 5) is 16.2. The first-order chi connectivity index (χ1) is 12.1. The van der Waals surface area contributed by atoms with E-state index in [-0.39, 0.29) is 5.78 Å². The first-order valence-electron chi connectivity index (χ1n) is 8.15. The Hall–Kier alpha value is -3.14. The number of furan rings is 2. The van der Waals surface area contributed by atoms with Crippen molar-refractivity contribution in [1.82, 2.24) is 4.98 Å². The van der Waals surface area contributed by atoms with Gasteiger partial charge in [-0.25, -0.2) is 0 Å². The molecule has 0 N–H and O–H groups in total. The van der Waals surface area contributed by atoms with Crippen molar-refractivity contribution in [3.63, 3.8) is 0 Å². The molecule has 0 atom stereocenters. The molecule has 25 heavy (non-hydrogen) atoms. The number of carbonyl (C=O) groups excluding carboxylic acids is 1. The minimum Gasteiger partial charge on any atom is -0.465 e. The van der Waals surface area contributed by atoms with Gasteiger partial charge in [-0.2, -0.15) is 0 Å². The van der Waals surface area contributed by atoms with Crippen LogP contribution in [-0.4, -0.2) is 10.8 Å². The summed E-state index contributed by atoms with van der Waals surface area (Å²) in [6.45, 7) is 3.36. The van der Waals surface area contributed by atoms with Gasteiger partial charge in [-0.3, -0.25) is 9.78 Å². The predicted octanol–water partition coefficient (Wildman–Crippen LogP) is 5.19. The van der Waals surface area contributed by atoms with Crippen LogP contribution >= 0.6 is 0 Å². The number of carbonyl (C=O) groups is 1. The minimum absolute atomic E-state index is 0.00552. The van der Waals surface area contributed by atoms with Crippen molar-refractivity contribution in [2.24, 2.45) is 0 Å². The molecule has 0 aliphatic carbocycles. The van der Waals surface area contributed by atoms with Gasteiger partial charge in [-0.1, -0.05) is 30.3 Å². The Balaban J connectivity index is 1.86. The molecule has 0 unspecified atom stereocenters. The molecule has 0 bridgehead atoms. The summed E-state index contributed by atoms with van der Waals surface area (Å²) < 4.78 is 11.9. The number of hydrogen-bond donors (Lipinski definition) is 0. The summed E-state index contributed by atoms with van der Waals surface area (Å²) >= 11 is 0. The smallest absolute Gasteiger partial charge is 0.163 e. The second-order valence-corrected chi connectivity index (χ2v) is 6.04. The van der Waals surface area contributed by atoms with Crippen LogP contribution in [-0.2, 0) is 6.42 Å². The lowest BCUT2D eigenvalue weighted by atomic mass is 10.0. The van der Waals surface area contributed by atoms with E-state index in [0.717, 1.165) is 33.7 Å². The summed E-state index contributed by atoms with van der Waals surface area (Å²) in [7, 11) is 0. The lowest BCUT2D eigenvalue weighted by molar-refractivity contribution is 0.101. The number of fused-ring (bicyclic) bond motifs is 1. The molecular weight excluding hydrogens is 314 g/mol. The van der Waals surface area contributed by atoms with E-state index in [1.54, 1.807) is 13.1 Å². The number of aryl methyl sites for hydroxylation is 1. The van der Waals surface area contributed by atoms with E-state index in [2.05, 4.69) is 4.98 Å². The van der Waals surface area contributed by atoms with Crippen LogP contribution in [0.2, 0.25) is 0 Å². The summed E-state index contributed by atoms with van der Waals surface area (Å²) in [6.07, 6.45) is 2.27. The lowest BCUT2D eigenvalue weighted by Gasteiger charge is -2.01. The van der Waals surface area contributed by atoms with Crippen LogP contribution in [0.5, 0.6) is 0 Å². The number of aromatic nitrogens is 1. The van der Waals surface area contributed by atoms with Gasteiger partial charge in [0.1, 0.15) is 22.8 Å². The Morgan fingerprint density at radius 2 is 1.88 bits per heavy atom. The zero-order valence-corrected chi connectivity index (χ0v) is 14.1. The van der Waals surface area contributed by atoms with Crippen molar-refractivity contribution in [3.8, 4) is 11.3 Å². The van der Waals surface area contributed by atoms with Crippen LogP contribution in [0.1, 0.15) is 34.4 Å². The highest BCUT2D eigenvalue weighted by atomic mass is 16.3. The van der Waals surface area contributed by atoms with Gasteiger partial charge >= 0.3 is 0 Å². The van der Waals surface area contributed by atoms with Crippen LogP contribution in [0, 0.1) is 6.92 Å². The largest absolute Gasteiger partial charge is 0.465 e. The van der Waals surface area contributed by atoms with Gasteiger partial charge in [0.05, 0.1) is 5.56 Å². The highest BCUT2D eigenvalue weighted by molar-refractivity contribution is 5.95. The molecule has 4 heteroatoms. The fourth-order valence-corrected chi connectivity index (χ4v) is 3.12. The maximum Gasteiger partial charge on any atom is 0.163 e. The third kappa shape index (κ3) is 2.76. The minimum atomic E-state index is 0.00552. The molecule has 0 saturated heterocycles. The van der Waals surface area contributed by atoms with Crippen LogP contribution in [0.25, 0.3) is 22.4 Å². The second kappa shape index (κ2) is 6.06. The second-order valence-electron chi connectivity index (χ2n) is 6.04. The topological polar surface area (TPSA) is 56.2 Å². The van der Waals surface area contributed by atoms with Gasteiger partial charge in [0.15, 0.2) is 11.4 Å². The summed E-state index contributed by atoms with van der Waals surface area (Å²) in [6, 6.07) is 15.5. The monoisotopic (exact) mass is 331 g/mol. The van der Waals surface area contributed by atoms with E-state index in [1.165, 1.54) is 0 Å². The van der Waals surface area contributed by atoms with Crippen LogP contribution in [0.3, 0.4) is 0 Å². The van der Waals surface area contributed by atoms with Crippen LogP contribution < -0.4 is 0 Å². The molecule has 0 radical (unpaired) electrons. The third-order valence-corrected chi connectivity index (χ3v) is 4.28. The zero-order valence-electron chi connectivity index (χ0n) is 14.1. The Kier molecular flexibility index (Phi) is 3.73. The first-order valence-corrected chi connectivity index (χ1v) is 8.15. The average molecular weight is 331 g/mol. The average Bonchev–Trinajstić information content (AvgIpc) is 3.17. The van der Waals surface area contributed by atoms with Crippen molar-refractivity contribution in [2.75, 3.05) is 0 Å². The van der Waals surface area contributed by atoms with E-state index in [4.69, 9.17) is 8.83 Å². The molecule has 0 amide bonds. The summed E-state index contributed by atoms with van der Waals surface area (Å²) in [5.41, 5.74) is 4.14. The fourth-order valence-electron chi connectivity index (χ4n) is 3.12. The van der Waals surface area contributed by atoms with Gasteiger partial charge in [-0.05, 0) is 32.0 Å². The Morgan fingerprint density at radius 1 is 1.08 bits per heavy atom. The standard InChI is InChI=1S/C21H17NO3/c1-13(23)17-11-16(24-14(17)2)12-18-20-19(9-6-10-22-20)25-21(18)15-7-4-3-5-8-15/h3-11H,12H2,1-2H3. The molecule has 4 nitrogen and oxygen atoms in total. The van der Waals surface area contributed by atoms with Crippen molar-refractivity contribution < 1.29 is 13.6 Å². The van der Waals surface area contributed by atoms with E-state index in [0.29, 0.717) is 17.7 Å². The molecule has 1 aromatic carbocycles. The van der Waals surface area contributed by atoms with Gasteiger partial charge < -0.3 is 8.83 Å². The highest BCUT2D eigenvalue weighted by Crippen LogP contribution is 2.34. The van der Waals surface area contributed by atoms with E-state index in [9.17, 15) is 4.79 Å². The number of pyridine rings is 1. The summed E-state index contributed by atoms with van der Waals surface area (Å²) in [5, 5.41) is 0. The Labute approximate surface area is 145 Å². The molecule has 0 fully saturated rings. The van der Waals surface area contributed by atoms with Crippen molar-refractivity contribution in [2.45, 2.75) is 20.3 Å². The van der Waals surface area contributed by atoms with Crippen molar-refractivity contribution >= 4 is 16.9 Å². The van der Waals surface area contributed by atoms with Gasteiger partial charge in [0.2, 0.25) is 0 Å². The number of rotatable bonds is 4. The molecule has 3 aromatic heterocycles. The SMILES string of the molecule is CC(=O)c1cc(Cc2c(-c3ccccc3)oc3cccnc23)oc1C. The number of nitrogens with zero attached hydrogens (tertiary/aromatic N) is 1. The maximum atomic E-state index is 11.7. The molecule has 0 saturated carbocycles. The van der Waals surface area contributed by atoms with E-state index in [1.807, 2.05) is 55.5 Å². The van der Waals surface area contributed by atoms with Gasteiger partial charge in [0, 0.05) is 23.7 Å². The predicted molar refractivity (Wildman–Crippen MR) is 95.7 cm³/mol. The molecule has 0 aliphatic rings. The third-order valence-electron chi connectivity index (χ3n) is 4.28. The molecule has 4 rings (SSSR count). The molecule has 124 valence electrons. The Morgan fingerprint density at radius 3 is 2.60 bits per heavy atom. The van der Waals surface area contributed by atoms with E-state index >= 15 is 0 Å². The molecular formula is C21H17NO3. The molecule has 4 aromatic rings. The van der Waals surface area contributed by atoms with Crippen molar-refractivity contribution in [1.29, 1.82) is 0 Å². The first kappa shape index (κ1) is 15.4. The number of Topliss-reactive ketones (excluding diaryl/α,β-unsaturated/α-hetero) is 1. The maximum absolute atomic E-state index is 11.7. The van der Waals surface area contributed by atoms with Crippen molar-refractivity contribution in [3.05, 3.63) is 77.4 Å².